The van der Waals surface area contributed by atoms with Crippen molar-refractivity contribution in [2.24, 2.45) is 7.05 Å². The van der Waals surface area contributed by atoms with E-state index >= 15 is 0 Å². The van der Waals surface area contributed by atoms with Crippen LogP contribution in [-0.2, 0) is 21.9 Å². The number of nitrogens with one attached hydrogen (secondary N) is 1. The molecule has 1 aromatic heterocycles. The maximum absolute atomic E-state index is 12.1. The highest BCUT2D eigenvalue weighted by molar-refractivity contribution is 9.10. The monoisotopic (exact) mass is 337 g/mol. The maximum Gasteiger partial charge on any atom is 0.324 e. The average Bonchev–Trinajstić information content (AvgIpc) is 2.52. The van der Waals surface area contributed by atoms with Crippen molar-refractivity contribution in [3.05, 3.63) is 10.7 Å². The number of halogens is 1. The first kappa shape index (κ1) is 13.5. The molecule has 100 valence electrons. The number of sulfonamides is 1. The molecule has 18 heavy (non-hydrogen) atoms. The Morgan fingerprint density at radius 1 is 1.61 bits per heavy atom. The van der Waals surface area contributed by atoms with Crippen LogP contribution in [0.4, 0.5) is 0 Å². The summed E-state index contributed by atoms with van der Waals surface area (Å²) in [5.74, 6) is -1.15. The van der Waals surface area contributed by atoms with Crippen molar-refractivity contribution in [2.45, 2.75) is 29.8 Å². The van der Waals surface area contributed by atoms with Crippen molar-refractivity contribution >= 4 is 31.9 Å². The molecule has 0 saturated heterocycles. The number of nitrogens with zero attached hydrogens (tertiary/aromatic N) is 2. The van der Waals surface area contributed by atoms with Gasteiger partial charge >= 0.3 is 5.97 Å². The van der Waals surface area contributed by atoms with Gasteiger partial charge in [-0.15, -0.1) is 0 Å². The van der Waals surface area contributed by atoms with E-state index < -0.39 is 21.5 Å². The van der Waals surface area contributed by atoms with Gasteiger partial charge in [-0.1, -0.05) is 0 Å². The quantitative estimate of drug-likeness (QED) is 0.831. The second kappa shape index (κ2) is 4.32. The van der Waals surface area contributed by atoms with Gasteiger partial charge < -0.3 is 5.11 Å². The molecule has 1 aliphatic carbocycles. The molecule has 1 aliphatic rings. The van der Waals surface area contributed by atoms with Crippen LogP contribution in [0.3, 0.4) is 0 Å². The van der Waals surface area contributed by atoms with Crippen molar-refractivity contribution in [3.63, 3.8) is 0 Å². The van der Waals surface area contributed by atoms with E-state index in [-0.39, 0.29) is 5.03 Å². The van der Waals surface area contributed by atoms with Crippen LogP contribution in [0.2, 0.25) is 0 Å². The van der Waals surface area contributed by atoms with E-state index in [0.717, 1.165) is 0 Å². The lowest BCUT2D eigenvalue weighted by atomic mass is 9.78. The number of carbonyl (C=O) groups is 1. The summed E-state index contributed by atoms with van der Waals surface area (Å²) >= 11 is 3.09. The van der Waals surface area contributed by atoms with Gasteiger partial charge in [0, 0.05) is 13.2 Å². The highest BCUT2D eigenvalue weighted by Crippen LogP contribution is 2.34. The highest BCUT2D eigenvalue weighted by Gasteiger charge is 2.48. The Morgan fingerprint density at radius 2 is 2.22 bits per heavy atom. The van der Waals surface area contributed by atoms with E-state index in [1.165, 1.54) is 10.9 Å². The Bertz CT molecular complexity index is 591. The molecule has 2 rings (SSSR count). The third kappa shape index (κ3) is 2.17. The second-order valence-corrected chi connectivity index (χ2v) is 6.75. The number of aromatic nitrogens is 2. The molecule has 9 heteroatoms. The summed E-state index contributed by atoms with van der Waals surface area (Å²) in [6.07, 6.45) is 2.78. The molecule has 0 bridgehead atoms. The standard InChI is InChI=1S/C9H12BrN3O4S/c1-13-5-6(10)7(11-13)18(16,17)12-9(8(14)15)3-2-4-9/h5,12H,2-4H2,1H3,(H,14,15). The van der Waals surface area contributed by atoms with Crippen molar-refractivity contribution < 1.29 is 18.3 Å². The van der Waals surface area contributed by atoms with E-state index in [2.05, 4.69) is 25.8 Å². The number of hydrogen-bond donors (Lipinski definition) is 2. The third-order valence-corrected chi connectivity index (χ3v) is 5.27. The minimum Gasteiger partial charge on any atom is -0.480 e. The zero-order chi connectivity index (χ0) is 13.6. The summed E-state index contributed by atoms with van der Waals surface area (Å²) in [4.78, 5) is 11.1. The normalized spacial score (nSPS) is 18.3. The predicted molar refractivity (Wildman–Crippen MR) is 65.4 cm³/mol. The Labute approximate surface area is 112 Å². The Kier molecular flexibility index (Phi) is 3.24. The molecular formula is C9H12BrN3O4S. The number of rotatable bonds is 4. The Hall–Kier alpha value is -0.930. The fourth-order valence-electron chi connectivity index (χ4n) is 1.82. The average molecular weight is 338 g/mol. The second-order valence-electron chi connectivity index (χ2n) is 4.30. The van der Waals surface area contributed by atoms with E-state index in [0.29, 0.717) is 23.7 Å². The van der Waals surface area contributed by atoms with E-state index in [4.69, 9.17) is 5.11 Å². The lowest BCUT2D eigenvalue weighted by molar-refractivity contribution is -0.147. The van der Waals surface area contributed by atoms with Crippen LogP contribution < -0.4 is 4.72 Å². The van der Waals surface area contributed by atoms with Crippen LogP contribution in [0.15, 0.2) is 15.7 Å². The summed E-state index contributed by atoms with van der Waals surface area (Å²) in [6, 6.07) is 0. The predicted octanol–water partition coefficient (Wildman–Crippen LogP) is 0.468. The first-order valence-electron chi connectivity index (χ1n) is 5.23. The molecule has 1 saturated carbocycles. The smallest absolute Gasteiger partial charge is 0.324 e. The molecule has 0 amide bonds. The molecule has 1 fully saturated rings. The molecular weight excluding hydrogens is 326 g/mol. The van der Waals surface area contributed by atoms with Gasteiger partial charge in [0.05, 0.1) is 4.47 Å². The van der Waals surface area contributed by atoms with Crippen molar-refractivity contribution in [3.8, 4) is 0 Å². The fraction of sp³-hybridized carbons (Fsp3) is 0.556. The molecule has 0 spiro atoms. The van der Waals surface area contributed by atoms with Gasteiger partial charge in [-0.2, -0.15) is 9.82 Å². The molecule has 2 N–H and O–H groups in total. The van der Waals surface area contributed by atoms with Crippen LogP contribution in [0.1, 0.15) is 19.3 Å². The zero-order valence-electron chi connectivity index (χ0n) is 9.55. The number of hydrogen-bond acceptors (Lipinski definition) is 4. The van der Waals surface area contributed by atoms with Crippen LogP contribution in [-0.4, -0.2) is 34.8 Å². The Balaban J connectivity index is 2.33. The fourth-order valence-corrected chi connectivity index (χ4v) is 4.28. The van der Waals surface area contributed by atoms with Gasteiger partial charge in [-0.3, -0.25) is 9.48 Å². The van der Waals surface area contributed by atoms with Gasteiger partial charge in [-0.05, 0) is 35.2 Å². The highest BCUT2D eigenvalue weighted by atomic mass is 79.9. The van der Waals surface area contributed by atoms with E-state index in [9.17, 15) is 13.2 Å². The largest absolute Gasteiger partial charge is 0.480 e. The summed E-state index contributed by atoms with van der Waals surface area (Å²) in [5, 5.41) is 12.7. The van der Waals surface area contributed by atoms with Crippen LogP contribution >= 0.6 is 15.9 Å². The SMILES string of the molecule is Cn1cc(Br)c(S(=O)(=O)NC2(C(=O)O)CCC2)n1. The summed E-state index contributed by atoms with van der Waals surface area (Å²) in [5.41, 5.74) is -1.38. The lowest BCUT2D eigenvalue weighted by Gasteiger charge is -2.37. The van der Waals surface area contributed by atoms with E-state index in [1.807, 2.05) is 0 Å². The molecule has 0 atom stereocenters. The number of carboxylic acids is 1. The number of aliphatic carboxylic acids is 1. The van der Waals surface area contributed by atoms with Gasteiger partial charge in [0.15, 0.2) is 0 Å². The van der Waals surface area contributed by atoms with Crippen molar-refractivity contribution in [1.82, 2.24) is 14.5 Å². The molecule has 1 aromatic rings. The van der Waals surface area contributed by atoms with Crippen LogP contribution in [0.5, 0.6) is 0 Å². The Morgan fingerprint density at radius 3 is 2.56 bits per heavy atom. The third-order valence-electron chi connectivity index (χ3n) is 2.95. The van der Waals surface area contributed by atoms with Gasteiger partial charge in [0.2, 0.25) is 5.03 Å². The van der Waals surface area contributed by atoms with Gasteiger partial charge in [0.1, 0.15) is 5.54 Å². The van der Waals surface area contributed by atoms with Crippen LogP contribution in [0.25, 0.3) is 0 Å². The van der Waals surface area contributed by atoms with Gasteiger partial charge in [-0.25, -0.2) is 8.42 Å². The molecule has 1 heterocycles. The minimum atomic E-state index is -3.94. The molecule has 7 nitrogen and oxygen atoms in total. The molecule has 0 aromatic carbocycles. The van der Waals surface area contributed by atoms with Crippen molar-refractivity contribution in [2.75, 3.05) is 0 Å². The summed E-state index contributed by atoms with van der Waals surface area (Å²) < 4.78 is 28.1. The molecule has 0 aliphatic heterocycles. The minimum absolute atomic E-state index is 0.197. The van der Waals surface area contributed by atoms with Gasteiger partial charge in [0.25, 0.3) is 10.0 Å². The maximum atomic E-state index is 12.1. The molecule has 0 unspecified atom stereocenters. The first-order chi connectivity index (χ1) is 8.27. The summed E-state index contributed by atoms with van der Waals surface area (Å²) in [7, 11) is -2.36. The topological polar surface area (TPSA) is 101 Å². The molecule has 0 radical (unpaired) electrons. The van der Waals surface area contributed by atoms with Crippen molar-refractivity contribution in [1.29, 1.82) is 0 Å². The summed E-state index contributed by atoms with van der Waals surface area (Å²) in [6.45, 7) is 0. The first-order valence-corrected chi connectivity index (χ1v) is 7.51. The van der Waals surface area contributed by atoms with E-state index in [1.54, 1.807) is 7.05 Å². The lowest BCUT2D eigenvalue weighted by Crippen LogP contribution is -2.59. The number of carboxylic acid groups (broad SMARTS) is 1. The number of aryl methyl sites for hydroxylation is 1. The zero-order valence-corrected chi connectivity index (χ0v) is 12.0. The van der Waals surface area contributed by atoms with Crippen LogP contribution in [0, 0.1) is 0 Å².